The highest BCUT2D eigenvalue weighted by molar-refractivity contribution is 7.14. The molecule has 0 unspecified atom stereocenters. The van der Waals surface area contributed by atoms with Gasteiger partial charge >= 0.3 is 5.97 Å². The summed E-state index contributed by atoms with van der Waals surface area (Å²) in [7, 11) is 1.61. The van der Waals surface area contributed by atoms with E-state index in [9.17, 15) is 14.7 Å². The normalized spacial score (nSPS) is 20.0. The monoisotopic (exact) mass is 360 g/mol. The number of amides is 1. The summed E-state index contributed by atoms with van der Waals surface area (Å²) >= 11 is 1.33. The van der Waals surface area contributed by atoms with Gasteiger partial charge in [0.05, 0.1) is 24.6 Å². The van der Waals surface area contributed by atoms with Crippen LogP contribution in [0.5, 0.6) is 5.75 Å². The lowest BCUT2D eigenvalue weighted by atomic mass is 9.79. The Labute approximate surface area is 149 Å². The molecule has 3 rings (SSSR count). The lowest BCUT2D eigenvalue weighted by molar-refractivity contribution is -0.147. The van der Waals surface area contributed by atoms with Crippen molar-refractivity contribution < 1.29 is 19.4 Å². The molecule has 1 saturated carbocycles. The third kappa shape index (κ3) is 3.99. The topological polar surface area (TPSA) is 88.5 Å². The number of benzene rings is 1. The Kier molecular flexibility index (Phi) is 5.33. The Hall–Kier alpha value is -2.41. The number of thiazole rings is 1. The third-order valence-electron chi connectivity index (χ3n) is 4.54. The van der Waals surface area contributed by atoms with E-state index in [1.165, 1.54) is 11.3 Å². The summed E-state index contributed by atoms with van der Waals surface area (Å²) in [6, 6.07) is 7.51. The zero-order chi connectivity index (χ0) is 17.8. The number of nitrogens with one attached hydrogen (secondary N) is 1. The summed E-state index contributed by atoms with van der Waals surface area (Å²) in [6.45, 7) is 0. The Balaban J connectivity index is 1.69. The SMILES string of the molecule is COc1ccc(-c2csc(NC(=O)[C@@H]3CCCC[C@H]3C(=O)O)n2)cc1. The van der Waals surface area contributed by atoms with Crippen LogP contribution in [0.3, 0.4) is 0 Å². The predicted octanol–water partition coefficient (Wildman–Crippen LogP) is 3.65. The maximum atomic E-state index is 12.5. The van der Waals surface area contributed by atoms with Gasteiger partial charge in [-0.05, 0) is 37.1 Å². The van der Waals surface area contributed by atoms with Gasteiger partial charge in [0.2, 0.25) is 5.91 Å². The number of hydrogen-bond donors (Lipinski definition) is 2. The smallest absolute Gasteiger partial charge is 0.307 e. The number of nitrogens with zero attached hydrogens (tertiary/aromatic N) is 1. The van der Waals surface area contributed by atoms with E-state index in [2.05, 4.69) is 10.3 Å². The number of carbonyl (C=O) groups excluding carboxylic acids is 1. The van der Waals surface area contributed by atoms with E-state index < -0.39 is 17.8 Å². The number of aliphatic carboxylic acids is 1. The van der Waals surface area contributed by atoms with Gasteiger partial charge in [0.15, 0.2) is 5.13 Å². The zero-order valence-corrected chi connectivity index (χ0v) is 14.7. The molecule has 25 heavy (non-hydrogen) atoms. The van der Waals surface area contributed by atoms with Crippen LogP contribution >= 0.6 is 11.3 Å². The number of carboxylic acid groups (broad SMARTS) is 1. The average molecular weight is 360 g/mol. The molecule has 2 aromatic rings. The molecule has 1 fully saturated rings. The first-order valence-corrected chi connectivity index (χ1v) is 9.10. The molecule has 132 valence electrons. The minimum Gasteiger partial charge on any atom is -0.497 e. The van der Waals surface area contributed by atoms with E-state index in [0.29, 0.717) is 18.0 Å². The lowest BCUT2D eigenvalue weighted by Crippen LogP contribution is -2.36. The molecule has 0 radical (unpaired) electrons. The molecule has 1 aromatic heterocycles. The number of carboxylic acids is 1. The van der Waals surface area contributed by atoms with E-state index in [-0.39, 0.29) is 5.91 Å². The highest BCUT2D eigenvalue weighted by Crippen LogP contribution is 2.32. The maximum Gasteiger partial charge on any atom is 0.307 e. The van der Waals surface area contributed by atoms with E-state index in [0.717, 1.165) is 29.8 Å². The third-order valence-corrected chi connectivity index (χ3v) is 5.30. The van der Waals surface area contributed by atoms with E-state index in [1.54, 1.807) is 7.11 Å². The zero-order valence-electron chi connectivity index (χ0n) is 13.9. The second-order valence-electron chi connectivity index (χ2n) is 6.09. The fourth-order valence-electron chi connectivity index (χ4n) is 3.16. The summed E-state index contributed by atoms with van der Waals surface area (Å²) < 4.78 is 5.14. The van der Waals surface area contributed by atoms with Crippen LogP contribution in [0, 0.1) is 11.8 Å². The Morgan fingerprint density at radius 3 is 2.52 bits per heavy atom. The highest BCUT2D eigenvalue weighted by Gasteiger charge is 2.35. The summed E-state index contributed by atoms with van der Waals surface area (Å²) in [5, 5.41) is 14.5. The highest BCUT2D eigenvalue weighted by atomic mass is 32.1. The van der Waals surface area contributed by atoms with Crippen LogP contribution in [0.1, 0.15) is 25.7 Å². The van der Waals surface area contributed by atoms with Crippen molar-refractivity contribution in [2.24, 2.45) is 11.8 Å². The van der Waals surface area contributed by atoms with Crippen LogP contribution in [0.15, 0.2) is 29.6 Å². The van der Waals surface area contributed by atoms with E-state index in [4.69, 9.17) is 4.74 Å². The number of ether oxygens (including phenoxy) is 1. The minimum atomic E-state index is -0.891. The van der Waals surface area contributed by atoms with Crippen LogP contribution < -0.4 is 10.1 Å². The van der Waals surface area contributed by atoms with Gasteiger partial charge in [-0.1, -0.05) is 12.8 Å². The molecular weight excluding hydrogens is 340 g/mol. The molecule has 1 aromatic carbocycles. The largest absolute Gasteiger partial charge is 0.497 e. The van der Waals surface area contributed by atoms with Gasteiger partial charge in [0.25, 0.3) is 0 Å². The second kappa shape index (κ2) is 7.65. The van der Waals surface area contributed by atoms with Crippen molar-refractivity contribution in [2.45, 2.75) is 25.7 Å². The van der Waals surface area contributed by atoms with E-state index in [1.807, 2.05) is 29.6 Å². The molecule has 1 aliphatic rings. The summed E-state index contributed by atoms with van der Waals surface area (Å²) in [5.74, 6) is -1.46. The van der Waals surface area contributed by atoms with Crippen LogP contribution in [-0.2, 0) is 9.59 Å². The van der Waals surface area contributed by atoms with Crippen molar-refractivity contribution in [3.8, 4) is 17.0 Å². The first kappa shape index (κ1) is 17.4. The van der Waals surface area contributed by atoms with Gasteiger partial charge in [-0.15, -0.1) is 11.3 Å². The first-order chi connectivity index (χ1) is 12.1. The molecule has 2 N–H and O–H groups in total. The van der Waals surface area contributed by atoms with Crippen molar-refractivity contribution in [2.75, 3.05) is 12.4 Å². The quantitative estimate of drug-likeness (QED) is 0.850. The van der Waals surface area contributed by atoms with Gasteiger partial charge in [-0.25, -0.2) is 4.98 Å². The summed E-state index contributed by atoms with van der Waals surface area (Å²) in [6.07, 6.45) is 2.92. The average Bonchev–Trinajstić information content (AvgIpc) is 3.10. The number of aromatic nitrogens is 1. The number of methoxy groups -OCH3 is 1. The van der Waals surface area contributed by atoms with Gasteiger partial charge in [0.1, 0.15) is 5.75 Å². The standard InChI is InChI=1S/C18H20N2O4S/c1-24-12-8-6-11(7-9-12)15-10-25-18(19-15)20-16(21)13-4-2-3-5-14(13)17(22)23/h6-10,13-14H,2-5H2,1H3,(H,22,23)(H,19,20,21)/t13-,14-/m1/s1. The molecule has 2 atom stereocenters. The Morgan fingerprint density at radius 2 is 1.88 bits per heavy atom. The predicted molar refractivity (Wildman–Crippen MR) is 95.8 cm³/mol. The molecule has 0 spiro atoms. The van der Waals surface area contributed by atoms with E-state index >= 15 is 0 Å². The first-order valence-electron chi connectivity index (χ1n) is 8.22. The minimum absolute atomic E-state index is 0.247. The number of anilines is 1. The van der Waals surface area contributed by atoms with Crippen LogP contribution in [-0.4, -0.2) is 29.1 Å². The number of rotatable bonds is 5. The van der Waals surface area contributed by atoms with Crippen molar-refractivity contribution in [1.29, 1.82) is 0 Å². The van der Waals surface area contributed by atoms with Gasteiger partial charge in [-0.3, -0.25) is 9.59 Å². The van der Waals surface area contributed by atoms with Gasteiger partial charge < -0.3 is 15.2 Å². The van der Waals surface area contributed by atoms with Crippen molar-refractivity contribution in [1.82, 2.24) is 4.98 Å². The molecule has 0 saturated heterocycles. The Bertz CT molecular complexity index is 757. The van der Waals surface area contributed by atoms with Crippen LogP contribution in [0.4, 0.5) is 5.13 Å². The Morgan fingerprint density at radius 1 is 1.20 bits per heavy atom. The van der Waals surface area contributed by atoms with Crippen molar-refractivity contribution >= 4 is 28.3 Å². The maximum absolute atomic E-state index is 12.5. The summed E-state index contributed by atoms with van der Waals surface area (Å²) in [5.41, 5.74) is 1.69. The molecule has 1 heterocycles. The molecule has 7 heteroatoms. The van der Waals surface area contributed by atoms with Crippen LogP contribution in [0.25, 0.3) is 11.3 Å². The molecule has 6 nitrogen and oxygen atoms in total. The fraction of sp³-hybridized carbons (Fsp3) is 0.389. The molecule has 0 bridgehead atoms. The summed E-state index contributed by atoms with van der Waals surface area (Å²) in [4.78, 5) is 28.3. The molecular formula is C18H20N2O4S. The fourth-order valence-corrected chi connectivity index (χ4v) is 3.89. The molecule has 1 amide bonds. The van der Waals surface area contributed by atoms with Gasteiger partial charge in [-0.2, -0.15) is 0 Å². The number of hydrogen-bond acceptors (Lipinski definition) is 5. The van der Waals surface area contributed by atoms with Crippen molar-refractivity contribution in [3.63, 3.8) is 0 Å². The molecule has 0 aliphatic heterocycles. The van der Waals surface area contributed by atoms with Crippen molar-refractivity contribution in [3.05, 3.63) is 29.6 Å². The second-order valence-corrected chi connectivity index (χ2v) is 6.95. The molecule has 1 aliphatic carbocycles. The van der Waals surface area contributed by atoms with Crippen LogP contribution in [0.2, 0.25) is 0 Å². The number of carbonyl (C=O) groups is 2. The lowest BCUT2D eigenvalue weighted by Gasteiger charge is -2.26. The van der Waals surface area contributed by atoms with Gasteiger partial charge in [0, 0.05) is 10.9 Å².